The Morgan fingerprint density at radius 1 is 1.20 bits per heavy atom. The molecular formula is C37H63NO8. The standard InChI is InChI=1S/C37H63NO8/c1-10-14-28(15-11-2)38(9)36(42)45-32-19-18-26(6)34(46-33(41)23-29(39)20-21-37(32,8)43)25(5)17-13-16-24(4)22-31-35(44-31)27(7)30(40)12-3/h13,16-19,24,26-32,34-35,39-40,43H,10-12,14-15,20-23H2,1-9H3/b16-13+,19-18+,25-17+/t24-,26+,27-,29-,30+,31-,32+,34-,35-,37-/m1/s1. The zero-order valence-corrected chi connectivity index (χ0v) is 29.9. The molecule has 1 fully saturated rings. The number of epoxide rings is 1. The summed E-state index contributed by atoms with van der Waals surface area (Å²) in [5, 5.41) is 32.2. The molecule has 2 aliphatic rings. The third-order valence-electron chi connectivity index (χ3n) is 9.65. The predicted molar refractivity (Wildman–Crippen MR) is 181 cm³/mol. The summed E-state index contributed by atoms with van der Waals surface area (Å²) in [4.78, 5) is 27.7. The molecule has 0 saturated carbocycles. The Balaban J connectivity index is 2.21. The minimum atomic E-state index is -1.46. The zero-order chi connectivity index (χ0) is 34.6. The molecule has 0 aromatic carbocycles. The SMILES string of the molecule is CCCC(CCC)N(C)C(=O)O[C@H]1/C=C/[C@H](C)[C@@H](/C(C)=C/C=C/[C@@H](C)C[C@H]2O[C@@H]2[C@H](C)[C@@H](O)CC)OC(=O)C[C@H](O)CC[C@@]1(C)O. The van der Waals surface area contributed by atoms with Crippen LogP contribution in [0.15, 0.2) is 36.0 Å². The van der Waals surface area contributed by atoms with Crippen molar-refractivity contribution in [2.24, 2.45) is 17.8 Å². The van der Waals surface area contributed by atoms with Crippen LogP contribution in [0.3, 0.4) is 0 Å². The van der Waals surface area contributed by atoms with Crippen molar-refractivity contribution >= 4 is 12.1 Å². The maximum Gasteiger partial charge on any atom is 0.410 e. The van der Waals surface area contributed by atoms with Gasteiger partial charge in [0, 0.05) is 24.9 Å². The Labute approximate surface area is 278 Å². The van der Waals surface area contributed by atoms with Gasteiger partial charge in [-0.05, 0) is 69.9 Å². The number of aliphatic hydroxyl groups excluding tert-OH is 2. The van der Waals surface area contributed by atoms with Crippen LogP contribution >= 0.6 is 0 Å². The highest BCUT2D eigenvalue weighted by Gasteiger charge is 2.45. The normalized spacial score (nSPS) is 32.2. The maximum atomic E-state index is 13.3. The number of carbonyl (C=O) groups is 2. The third-order valence-corrected chi connectivity index (χ3v) is 9.65. The van der Waals surface area contributed by atoms with Crippen LogP contribution in [-0.2, 0) is 19.0 Å². The molecular weight excluding hydrogens is 586 g/mol. The molecule has 0 aromatic rings. The second-order valence-electron chi connectivity index (χ2n) is 14.0. The summed E-state index contributed by atoms with van der Waals surface area (Å²) in [6.45, 7) is 15.7. The Morgan fingerprint density at radius 2 is 1.85 bits per heavy atom. The first kappa shape index (κ1) is 40.0. The summed E-state index contributed by atoms with van der Waals surface area (Å²) in [5.41, 5.74) is -0.639. The number of hydrogen-bond donors (Lipinski definition) is 3. The van der Waals surface area contributed by atoms with E-state index in [4.69, 9.17) is 14.2 Å². The van der Waals surface area contributed by atoms with Gasteiger partial charge >= 0.3 is 12.1 Å². The number of aliphatic hydroxyl groups is 3. The molecule has 1 amide bonds. The number of hydrogen-bond acceptors (Lipinski definition) is 8. The Hall–Kier alpha value is -2.20. The molecule has 3 N–H and O–H groups in total. The van der Waals surface area contributed by atoms with Gasteiger partial charge in [0.15, 0.2) is 6.10 Å². The van der Waals surface area contributed by atoms with E-state index in [1.54, 1.807) is 24.9 Å². The van der Waals surface area contributed by atoms with Crippen molar-refractivity contribution in [1.29, 1.82) is 0 Å². The van der Waals surface area contributed by atoms with Gasteiger partial charge < -0.3 is 34.4 Å². The van der Waals surface area contributed by atoms with Gasteiger partial charge in [-0.15, -0.1) is 0 Å². The number of rotatable bonds is 14. The maximum absolute atomic E-state index is 13.3. The van der Waals surface area contributed by atoms with E-state index < -0.39 is 36.0 Å². The molecule has 0 radical (unpaired) electrons. The van der Waals surface area contributed by atoms with Crippen molar-refractivity contribution in [3.63, 3.8) is 0 Å². The first-order valence-corrected chi connectivity index (χ1v) is 17.5. The fraction of sp³-hybridized carbons (Fsp3) is 0.784. The molecule has 0 spiro atoms. The predicted octanol–water partition coefficient (Wildman–Crippen LogP) is 6.50. The summed E-state index contributed by atoms with van der Waals surface area (Å²) in [6.07, 6.45) is 11.6. The summed E-state index contributed by atoms with van der Waals surface area (Å²) < 4.78 is 17.7. The van der Waals surface area contributed by atoms with Crippen LogP contribution < -0.4 is 0 Å². The smallest absolute Gasteiger partial charge is 0.410 e. The number of esters is 1. The van der Waals surface area contributed by atoms with Crippen LogP contribution in [-0.4, -0.2) is 87.6 Å². The minimum absolute atomic E-state index is 0.0477. The summed E-state index contributed by atoms with van der Waals surface area (Å²) in [5.74, 6) is -0.450. The second kappa shape index (κ2) is 19.0. The van der Waals surface area contributed by atoms with E-state index in [9.17, 15) is 24.9 Å². The molecule has 0 bridgehead atoms. The Morgan fingerprint density at radius 3 is 2.46 bits per heavy atom. The van der Waals surface area contributed by atoms with E-state index >= 15 is 0 Å². The first-order chi connectivity index (χ1) is 21.6. The van der Waals surface area contributed by atoms with Gasteiger partial charge in [-0.3, -0.25) is 4.79 Å². The van der Waals surface area contributed by atoms with E-state index in [1.807, 2.05) is 45.9 Å². The molecule has 10 atom stereocenters. The molecule has 0 unspecified atom stereocenters. The van der Waals surface area contributed by atoms with Crippen molar-refractivity contribution in [2.75, 3.05) is 7.05 Å². The van der Waals surface area contributed by atoms with E-state index in [0.717, 1.165) is 37.7 Å². The first-order valence-electron chi connectivity index (χ1n) is 17.5. The summed E-state index contributed by atoms with van der Waals surface area (Å²) in [7, 11) is 1.74. The van der Waals surface area contributed by atoms with Crippen molar-refractivity contribution in [1.82, 2.24) is 4.90 Å². The summed E-state index contributed by atoms with van der Waals surface area (Å²) in [6, 6.07) is 0.0477. The molecule has 46 heavy (non-hydrogen) atoms. The Bertz CT molecular complexity index is 1030. The minimum Gasteiger partial charge on any atom is -0.457 e. The van der Waals surface area contributed by atoms with Gasteiger partial charge in [-0.1, -0.05) is 78.7 Å². The van der Waals surface area contributed by atoms with E-state index in [0.29, 0.717) is 6.42 Å². The van der Waals surface area contributed by atoms with Crippen LogP contribution in [0, 0.1) is 17.8 Å². The number of nitrogens with zero attached hydrogens (tertiary/aromatic N) is 1. The van der Waals surface area contributed by atoms with Crippen LogP contribution in [0.5, 0.6) is 0 Å². The topological polar surface area (TPSA) is 129 Å². The van der Waals surface area contributed by atoms with Gasteiger partial charge in [0.1, 0.15) is 11.7 Å². The van der Waals surface area contributed by atoms with Crippen LogP contribution in [0.4, 0.5) is 4.79 Å². The average Bonchev–Trinajstić information content (AvgIpc) is 3.77. The Kier molecular flexibility index (Phi) is 16.5. The highest BCUT2D eigenvalue weighted by atomic mass is 16.6. The lowest BCUT2D eigenvalue weighted by molar-refractivity contribution is -0.151. The van der Waals surface area contributed by atoms with Crippen molar-refractivity contribution in [2.45, 2.75) is 161 Å². The third kappa shape index (κ3) is 12.4. The number of ether oxygens (including phenoxy) is 3. The van der Waals surface area contributed by atoms with Gasteiger partial charge in [0.2, 0.25) is 0 Å². The lowest BCUT2D eigenvalue weighted by Gasteiger charge is -2.35. The van der Waals surface area contributed by atoms with Gasteiger partial charge in [0.25, 0.3) is 0 Å². The molecule has 2 heterocycles. The number of cyclic esters (lactones) is 1. The molecule has 0 aliphatic carbocycles. The number of amides is 1. The average molecular weight is 650 g/mol. The van der Waals surface area contributed by atoms with Gasteiger partial charge in [-0.25, -0.2) is 4.79 Å². The fourth-order valence-electron chi connectivity index (χ4n) is 6.33. The van der Waals surface area contributed by atoms with E-state index in [-0.39, 0.29) is 61.4 Å². The van der Waals surface area contributed by atoms with Crippen molar-refractivity contribution in [3.05, 3.63) is 36.0 Å². The van der Waals surface area contributed by atoms with Gasteiger partial charge in [0.05, 0.1) is 30.8 Å². The largest absolute Gasteiger partial charge is 0.457 e. The van der Waals surface area contributed by atoms with Crippen LogP contribution in [0.1, 0.15) is 113 Å². The molecule has 1 saturated heterocycles. The fourth-order valence-corrected chi connectivity index (χ4v) is 6.33. The number of allylic oxidation sites excluding steroid dienone is 3. The molecule has 9 heteroatoms. The van der Waals surface area contributed by atoms with E-state index in [2.05, 4.69) is 26.8 Å². The lowest BCUT2D eigenvalue weighted by atomic mass is 9.88. The molecule has 9 nitrogen and oxygen atoms in total. The van der Waals surface area contributed by atoms with Gasteiger partial charge in [-0.2, -0.15) is 0 Å². The zero-order valence-electron chi connectivity index (χ0n) is 29.9. The lowest BCUT2D eigenvalue weighted by Crippen LogP contribution is -2.46. The molecule has 264 valence electrons. The van der Waals surface area contributed by atoms with Crippen molar-refractivity contribution in [3.8, 4) is 0 Å². The number of carbonyl (C=O) groups excluding carboxylic acids is 2. The highest BCUT2D eigenvalue weighted by Crippen LogP contribution is 2.36. The monoisotopic (exact) mass is 649 g/mol. The molecule has 2 rings (SSSR count). The molecule has 0 aromatic heterocycles. The van der Waals surface area contributed by atoms with E-state index in [1.165, 1.54) is 0 Å². The van der Waals surface area contributed by atoms with Crippen LogP contribution in [0.25, 0.3) is 0 Å². The highest BCUT2D eigenvalue weighted by molar-refractivity contribution is 5.70. The molecule has 2 aliphatic heterocycles. The quantitative estimate of drug-likeness (QED) is 0.0843. The second-order valence-corrected chi connectivity index (χ2v) is 14.0. The van der Waals surface area contributed by atoms with Crippen molar-refractivity contribution < 1.29 is 39.1 Å². The van der Waals surface area contributed by atoms with Crippen LogP contribution in [0.2, 0.25) is 0 Å². The summed E-state index contributed by atoms with van der Waals surface area (Å²) >= 11 is 0.